The van der Waals surface area contributed by atoms with Crippen LogP contribution in [0.5, 0.6) is 0 Å². The van der Waals surface area contributed by atoms with Gasteiger partial charge in [-0.05, 0) is 6.07 Å². The number of esters is 2. The van der Waals surface area contributed by atoms with Crippen LogP contribution in [0, 0.1) is 5.82 Å². The lowest BCUT2D eigenvalue weighted by Crippen LogP contribution is -2.07. The second-order valence-corrected chi connectivity index (χ2v) is 3.60. The Morgan fingerprint density at radius 1 is 1.40 bits per heavy atom. The van der Waals surface area contributed by atoms with Crippen molar-refractivity contribution in [2.75, 3.05) is 0 Å². The quantitative estimate of drug-likeness (QED) is 0.546. The van der Waals surface area contributed by atoms with Crippen LogP contribution in [0.3, 0.4) is 0 Å². The van der Waals surface area contributed by atoms with Crippen molar-refractivity contribution < 1.29 is 18.7 Å². The van der Waals surface area contributed by atoms with Crippen molar-refractivity contribution >= 4 is 23.5 Å². The van der Waals surface area contributed by atoms with Gasteiger partial charge in [0.1, 0.15) is 5.82 Å². The molecule has 5 heteroatoms. The van der Waals surface area contributed by atoms with Crippen molar-refractivity contribution in [3.05, 3.63) is 34.6 Å². The molecule has 1 fully saturated rings. The highest BCUT2D eigenvalue weighted by Crippen LogP contribution is 2.31. The van der Waals surface area contributed by atoms with Gasteiger partial charge in [0.05, 0.1) is 17.4 Å². The van der Waals surface area contributed by atoms with Gasteiger partial charge in [-0.25, -0.2) is 4.39 Å². The van der Waals surface area contributed by atoms with Crippen molar-refractivity contribution in [3.8, 4) is 0 Å². The van der Waals surface area contributed by atoms with Gasteiger partial charge >= 0.3 is 11.9 Å². The number of cyclic esters (lactones) is 2. The van der Waals surface area contributed by atoms with Crippen LogP contribution in [0.25, 0.3) is 0 Å². The Morgan fingerprint density at radius 3 is 2.73 bits per heavy atom. The largest absolute Gasteiger partial charge is 0.393 e. The molecule has 1 aromatic carbocycles. The molecule has 0 spiro atoms. The van der Waals surface area contributed by atoms with Gasteiger partial charge in [0.25, 0.3) is 0 Å². The van der Waals surface area contributed by atoms with Crippen LogP contribution in [-0.4, -0.2) is 11.9 Å². The van der Waals surface area contributed by atoms with Crippen LogP contribution in [0.2, 0.25) is 5.02 Å². The standard InChI is InChI=1S/C10H6ClFO3/c11-7-3-1-2-5(9(7)12)6-4-8(13)15-10(6)14/h1-3,6H,4H2. The molecule has 2 rings (SSSR count). The second-order valence-electron chi connectivity index (χ2n) is 3.19. The van der Waals surface area contributed by atoms with E-state index in [1.807, 2.05) is 0 Å². The molecule has 1 atom stereocenters. The summed E-state index contributed by atoms with van der Waals surface area (Å²) in [5, 5.41) is -0.0698. The zero-order valence-electron chi connectivity index (χ0n) is 7.50. The average Bonchev–Trinajstić information content (AvgIpc) is 2.50. The molecular formula is C10H6ClFO3. The summed E-state index contributed by atoms with van der Waals surface area (Å²) >= 11 is 5.56. The fourth-order valence-electron chi connectivity index (χ4n) is 1.50. The maximum Gasteiger partial charge on any atom is 0.321 e. The minimum absolute atomic E-state index is 0.0698. The molecule has 0 aromatic heterocycles. The summed E-state index contributed by atoms with van der Waals surface area (Å²) in [6.07, 6.45) is -0.129. The summed E-state index contributed by atoms with van der Waals surface area (Å²) < 4.78 is 17.8. The van der Waals surface area contributed by atoms with E-state index in [0.717, 1.165) is 0 Å². The van der Waals surface area contributed by atoms with E-state index in [4.69, 9.17) is 11.6 Å². The SMILES string of the molecule is O=C1CC(c2cccc(Cl)c2F)C(=O)O1. The zero-order valence-corrected chi connectivity index (χ0v) is 8.25. The first-order chi connectivity index (χ1) is 7.09. The number of hydrogen-bond acceptors (Lipinski definition) is 3. The maximum atomic E-state index is 13.5. The number of benzene rings is 1. The maximum absolute atomic E-state index is 13.5. The number of hydrogen-bond donors (Lipinski definition) is 0. The topological polar surface area (TPSA) is 43.4 Å². The molecule has 0 radical (unpaired) electrons. The first-order valence-corrected chi connectivity index (χ1v) is 4.66. The van der Waals surface area contributed by atoms with E-state index in [1.54, 1.807) is 0 Å². The first kappa shape index (κ1) is 10.1. The van der Waals surface area contributed by atoms with Crippen molar-refractivity contribution in [1.82, 2.24) is 0 Å². The van der Waals surface area contributed by atoms with Crippen LogP contribution in [0.1, 0.15) is 17.9 Å². The Labute approximate surface area is 89.8 Å². The Morgan fingerprint density at radius 2 is 2.13 bits per heavy atom. The minimum Gasteiger partial charge on any atom is -0.393 e. The fraction of sp³-hybridized carbons (Fsp3) is 0.200. The molecule has 0 bridgehead atoms. The van der Waals surface area contributed by atoms with Crippen LogP contribution >= 0.6 is 11.6 Å². The van der Waals surface area contributed by atoms with Crippen LogP contribution in [-0.2, 0) is 14.3 Å². The highest BCUT2D eigenvalue weighted by atomic mass is 35.5. The van der Waals surface area contributed by atoms with E-state index in [-0.39, 0.29) is 17.0 Å². The molecule has 1 aliphatic rings. The predicted octanol–water partition coefficient (Wildman–Crippen LogP) is 2.04. The van der Waals surface area contributed by atoms with Gasteiger partial charge in [-0.1, -0.05) is 23.7 Å². The zero-order chi connectivity index (χ0) is 11.0. The third kappa shape index (κ3) is 1.72. The van der Waals surface area contributed by atoms with Crippen molar-refractivity contribution in [2.45, 2.75) is 12.3 Å². The lowest BCUT2D eigenvalue weighted by molar-refractivity contribution is -0.152. The normalized spacial score (nSPS) is 20.5. The molecule has 0 amide bonds. The summed E-state index contributed by atoms with van der Waals surface area (Å²) in [7, 11) is 0. The molecule has 0 N–H and O–H groups in total. The van der Waals surface area contributed by atoms with Gasteiger partial charge in [0.2, 0.25) is 0 Å². The third-order valence-electron chi connectivity index (χ3n) is 2.23. The molecule has 1 aromatic rings. The van der Waals surface area contributed by atoms with Crippen LogP contribution in [0.4, 0.5) is 4.39 Å². The van der Waals surface area contributed by atoms with E-state index in [9.17, 15) is 14.0 Å². The molecule has 15 heavy (non-hydrogen) atoms. The number of halogens is 2. The molecule has 78 valence electrons. The van der Waals surface area contributed by atoms with Gasteiger partial charge in [-0.2, -0.15) is 0 Å². The monoisotopic (exact) mass is 228 g/mol. The highest BCUT2D eigenvalue weighted by Gasteiger charge is 2.36. The lowest BCUT2D eigenvalue weighted by atomic mass is 9.97. The molecule has 1 aliphatic heterocycles. The van der Waals surface area contributed by atoms with E-state index in [1.165, 1.54) is 18.2 Å². The van der Waals surface area contributed by atoms with Crippen LogP contribution < -0.4 is 0 Å². The number of carbonyl (C=O) groups is 2. The Hall–Kier alpha value is -1.42. The smallest absolute Gasteiger partial charge is 0.321 e. The van der Waals surface area contributed by atoms with Gasteiger partial charge in [0.15, 0.2) is 0 Å². The van der Waals surface area contributed by atoms with Gasteiger partial charge in [-0.3, -0.25) is 9.59 Å². The molecule has 3 nitrogen and oxygen atoms in total. The Bertz CT molecular complexity index is 444. The summed E-state index contributed by atoms with van der Waals surface area (Å²) in [5.41, 5.74) is 0.110. The van der Waals surface area contributed by atoms with Crippen molar-refractivity contribution in [2.24, 2.45) is 0 Å². The van der Waals surface area contributed by atoms with Gasteiger partial charge < -0.3 is 4.74 Å². The number of ether oxygens (including phenoxy) is 1. The molecule has 0 aliphatic carbocycles. The summed E-state index contributed by atoms with van der Waals surface area (Å²) in [6.45, 7) is 0. The first-order valence-electron chi connectivity index (χ1n) is 4.28. The molecule has 1 unspecified atom stereocenters. The van der Waals surface area contributed by atoms with Crippen molar-refractivity contribution in [1.29, 1.82) is 0 Å². The Balaban J connectivity index is 2.42. The van der Waals surface area contributed by atoms with E-state index >= 15 is 0 Å². The van der Waals surface area contributed by atoms with Gasteiger partial charge in [0, 0.05) is 5.56 Å². The second kappa shape index (κ2) is 3.62. The highest BCUT2D eigenvalue weighted by molar-refractivity contribution is 6.30. The summed E-state index contributed by atoms with van der Waals surface area (Å²) in [6, 6.07) is 4.32. The molecule has 0 saturated carbocycles. The molecule has 1 heterocycles. The van der Waals surface area contributed by atoms with Gasteiger partial charge in [-0.15, -0.1) is 0 Å². The average molecular weight is 229 g/mol. The lowest BCUT2D eigenvalue weighted by Gasteiger charge is -2.06. The fourth-order valence-corrected chi connectivity index (χ4v) is 1.68. The third-order valence-corrected chi connectivity index (χ3v) is 2.52. The van der Waals surface area contributed by atoms with E-state index in [0.29, 0.717) is 0 Å². The minimum atomic E-state index is -0.865. The Kier molecular flexibility index (Phi) is 2.44. The van der Waals surface area contributed by atoms with E-state index in [2.05, 4.69) is 4.74 Å². The van der Waals surface area contributed by atoms with Crippen LogP contribution in [0.15, 0.2) is 18.2 Å². The predicted molar refractivity (Wildman–Crippen MR) is 49.9 cm³/mol. The summed E-state index contributed by atoms with van der Waals surface area (Å²) in [5.74, 6) is -2.89. The molecule has 1 saturated heterocycles. The van der Waals surface area contributed by atoms with E-state index < -0.39 is 23.7 Å². The van der Waals surface area contributed by atoms with Crippen molar-refractivity contribution in [3.63, 3.8) is 0 Å². The summed E-state index contributed by atoms with van der Waals surface area (Å²) in [4.78, 5) is 22.0. The molecular weight excluding hydrogens is 223 g/mol. The number of rotatable bonds is 1. The number of carbonyl (C=O) groups excluding carboxylic acids is 2.